The Balaban J connectivity index is 0. The molecular weight excluding hydrogens is 259 g/mol. The largest absolute Gasteiger partial charge is 0.396 e. The van der Waals surface area contributed by atoms with E-state index in [1.165, 1.54) is 0 Å². The average Bonchev–Trinajstić information content (AvgIpc) is 1.98. The fourth-order valence-corrected chi connectivity index (χ4v) is 1.03. The predicted molar refractivity (Wildman–Crippen MR) is 52.5 cm³/mol. The molecule has 0 atom stereocenters. The molecule has 0 aliphatic carbocycles. The first kappa shape index (κ1) is 17.2. The molecule has 0 amide bonds. The van der Waals surface area contributed by atoms with E-state index in [2.05, 4.69) is 0 Å². The van der Waals surface area contributed by atoms with E-state index >= 15 is 0 Å². The monoisotopic (exact) mass is 280 g/mol. The molecule has 0 saturated carbocycles. The molecule has 0 aromatic rings. The van der Waals surface area contributed by atoms with Gasteiger partial charge in [-0.25, -0.2) is 0 Å². The fraction of sp³-hybridized carbons (Fsp3) is 1.00. The van der Waals surface area contributed by atoms with Crippen LogP contribution >= 0.6 is 0 Å². The summed E-state index contributed by atoms with van der Waals surface area (Å²) in [5.74, 6) is 0. The van der Waals surface area contributed by atoms with E-state index in [-0.39, 0.29) is 51.3 Å². The van der Waals surface area contributed by atoms with E-state index in [4.69, 9.17) is 14.6 Å². The maximum Gasteiger partial charge on any atom is 0.158 e. The van der Waals surface area contributed by atoms with Crippen LogP contribution in [0.25, 0.3) is 0 Å². The molecule has 0 aromatic carbocycles. The van der Waals surface area contributed by atoms with Gasteiger partial charge in [-0.15, -0.1) is 0 Å². The minimum absolute atomic E-state index is 0. The van der Waals surface area contributed by atoms with Crippen LogP contribution < -0.4 is 0 Å². The minimum Gasteiger partial charge on any atom is -0.396 e. The van der Waals surface area contributed by atoms with E-state index in [1.54, 1.807) is 0 Å². The Labute approximate surface area is 106 Å². The quantitative estimate of drug-likeness (QED) is 0.725. The van der Waals surface area contributed by atoms with Crippen molar-refractivity contribution in [3.05, 3.63) is 0 Å². The summed E-state index contributed by atoms with van der Waals surface area (Å²) in [5, 5.41) is 8.67. The zero-order valence-electron chi connectivity index (χ0n) is 9.62. The summed E-state index contributed by atoms with van der Waals surface area (Å²) < 4.78 is 11.1. The van der Waals surface area contributed by atoms with Crippen molar-refractivity contribution in [1.82, 2.24) is 0 Å². The van der Waals surface area contributed by atoms with Gasteiger partial charge in [0, 0.05) is 39.2 Å². The van der Waals surface area contributed by atoms with Crippen molar-refractivity contribution in [2.75, 3.05) is 6.61 Å². The number of aliphatic hydroxyl groups is 1. The molecule has 3 nitrogen and oxygen atoms in total. The summed E-state index contributed by atoms with van der Waals surface area (Å²) in [4.78, 5) is 0. The summed E-state index contributed by atoms with van der Waals surface area (Å²) in [6.07, 6.45) is 1.65. The second-order valence-corrected chi connectivity index (χ2v) is 3.67. The Morgan fingerprint density at radius 1 is 1.00 bits per heavy atom. The van der Waals surface area contributed by atoms with Crippen LogP contribution in [0, 0.1) is 0 Å². The SMILES string of the molecule is CC(C)OC(CCCO)OC(C)C.[Zr]. The maximum absolute atomic E-state index is 8.67. The third-order valence-electron chi connectivity index (χ3n) is 1.45. The molecular formula is C10H22O3Zr. The van der Waals surface area contributed by atoms with E-state index < -0.39 is 0 Å². The van der Waals surface area contributed by atoms with E-state index in [0.29, 0.717) is 0 Å². The normalized spacial score (nSPS) is 11.1. The second kappa shape index (κ2) is 10.3. The molecule has 0 radical (unpaired) electrons. The first-order valence-corrected chi connectivity index (χ1v) is 4.98. The van der Waals surface area contributed by atoms with Gasteiger partial charge in [0.05, 0.1) is 12.2 Å². The van der Waals surface area contributed by atoms with Crippen LogP contribution in [0.4, 0.5) is 0 Å². The number of hydrogen-bond donors (Lipinski definition) is 1. The third-order valence-corrected chi connectivity index (χ3v) is 1.45. The Morgan fingerprint density at radius 3 is 1.71 bits per heavy atom. The van der Waals surface area contributed by atoms with Crippen molar-refractivity contribution in [2.24, 2.45) is 0 Å². The topological polar surface area (TPSA) is 38.7 Å². The van der Waals surface area contributed by atoms with Crippen LogP contribution in [-0.4, -0.2) is 30.2 Å². The van der Waals surface area contributed by atoms with Crippen LogP contribution in [0.15, 0.2) is 0 Å². The van der Waals surface area contributed by atoms with Gasteiger partial charge >= 0.3 is 0 Å². The molecule has 0 aliphatic rings. The van der Waals surface area contributed by atoms with Crippen LogP contribution in [0.1, 0.15) is 40.5 Å². The smallest absolute Gasteiger partial charge is 0.158 e. The zero-order valence-corrected chi connectivity index (χ0v) is 12.1. The van der Waals surface area contributed by atoms with E-state index in [9.17, 15) is 0 Å². The second-order valence-electron chi connectivity index (χ2n) is 3.67. The fourth-order valence-electron chi connectivity index (χ4n) is 1.03. The zero-order chi connectivity index (χ0) is 10.3. The third kappa shape index (κ3) is 10.8. The maximum atomic E-state index is 8.67. The van der Waals surface area contributed by atoms with Gasteiger partial charge in [-0.1, -0.05) is 0 Å². The van der Waals surface area contributed by atoms with Gasteiger partial charge in [0.1, 0.15) is 0 Å². The van der Waals surface area contributed by atoms with Gasteiger partial charge in [-0.2, -0.15) is 0 Å². The molecule has 14 heavy (non-hydrogen) atoms. The summed E-state index contributed by atoms with van der Waals surface area (Å²) in [5.41, 5.74) is 0. The van der Waals surface area contributed by atoms with Crippen molar-refractivity contribution in [2.45, 2.75) is 59.0 Å². The number of hydrogen-bond acceptors (Lipinski definition) is 3. The summed E-state index contributed by atoms with van der Waals surface area (Å²) in [6, 6.07) is 0. The first-order valence-electron chi connectivity index (χ1n) is 4.98. The molecule has 1 N–H and O–H groups in total. The molecule has 0 saturated heterocycles. The van der Waals surface area contributed by atoms with Crippen LogP contribution in [0.5, 0.6) is 0 Å². The summed E-state index contributed by atoms with van der Waals surface area (Å²) in [7, 11) is 0. The molecule has 0 unspecified atom stereocenters. The van der Waals surface area contributed by atoms with Gasteiger partial charge in [-0.3, -0.25) is 0 Å². The van der Waals surface area contributed by atoms with Gasteiger partial charge in [-0.05, 0) is 34.1 Å². The average molecular weight is 282 g/mol. The molecule has 0 bridgehead atoms. The predicted octanol–water partition coefficient (Wildman–Crippen LogP) is 1.93. The van der Waals surface area contributed by atoms with Crippen molar-refractivity contribution in [3.8, 4) is 0 Å². The van der Waals surface area contributed by atoms with Crippen LogP contribution in [-0.2, 0) is 35.7 Å². The Bertz CT molecular complexity index is 108. The Hall–Kier alpha value is 0.763. The van der Waals surface area contributed by atoms with E-state index in [1.807, 2.05) is 27.7 Å². The Morgan fingerprint density at radius 2 is 1.43 bits per heavy atom. The van der Waals surface area contributed by atoms with Crippen LogP contribution in [0.3, 0.4) is 0 Å². The summed E-state index contributed by atoms with van der Waals surface area (Å²) >= 11 is 0. The molecule has 0 aromatic heterocycles. The van der Waals surface area contributed by atoms with Crippen molar-refractivity contribution in [1.29, 1.82) is 0 Å². The van der Waals surface area contributed by atoms with Gasteiger partial charge in [0.25, 0.3) is 0 Å². The van der Waals surface area contributed by atoms with Crippen molar-refractivity contribution in [3.63, 3.8) is 0 Å². The van der Waals surface area contributed by atoms with Crippen molar-refractivity contribution >= 4 is 0 Å². The van der Waals surface area contributed by atoms with Gasteiger partial charge in [0.15, 0.2) is 6.29 Å². The van der Waals surface area contributed by atoms with Crippen molar-refractivity contribution < 1.29 is 40.8 Å². The molecule has 0 heterocycles. The molecule has 4 heteroatoms. The Kier molecular flexibility index (Phi) is 12.6. The number of aliphatic hydroxyl groups excluding tert-OH is 1. The molecule has 0 spiro atoms. The standard InChI is InChI=1S/C10H22O3.Zr/c1-8(2)12-10(6-5-7-11)13-9(3)4;/h8-11H,5-7H2,1-4H3;. The van der Waals surface area contributed by atoms with Gasteiger partial charge in [0.2, 0.25) is 0 Å². The van der Waals surface area contributed by atoms with Crippen LogP contribution in [0.2, 0.25) is 0 Å². The molecule has 0 aliphatic heterocycles. The number of rotatable bonds is 7. The molecule has 0 rings (SSSR count). The molecule has 84 valence electrons. The number of ether oxygens (including phenoxy) is 2. The summed E-state index contributed by atoms with van der Waals surface area (Å²) in [6.45, 7) is 8.12. The van der Waals surface area contributed by atoms with E-state index in [0.717, 1.165) is 12.8 Å². The first-order chi connectivity index (χ1) is 6.06. The molecule has 0 fully saturated rings. The minimum atomic E-state index is -0.174. The van der Waals surface area contributed by atoms with Gasteiger partial charge < -0.3 is 14.6 Å².